The fourth-order valence-electron chi connectivity index (χ4n) is 0.904. The number of hydrogen-bond donors (Lipinski definition) is 0. The van der Waals surface area contributed by atoms with Crippen molar-refractivity contribution >= 4 is 22.6 Å². The molecule has 0 aromatic carbocycles. The summed E-state index contributed by atoms with van der Waals surface area (Å²) in [4.78, 5) is 11.5. The van der Waals surface area contributed by atoms with Gasteiger partial charge in [0.25, 0.3) is 0 Å². The van der Waals surface area contributed by atoms with Crippen molar-refractivity contribution in [3.63, 3.8) is 0 Å². The molecule has 0 saturated heterocycles. The Kier molecular flexibility index (Phi) is 5.65. The van der Waals surface area contributed by atoms with Gasteiger partial charge >= 0.3 is 5.97 Å². The van der Waals surface area contributed by atoms with Gasteiger partial charge < -0.3 is 8.85 Å². The van der Waals surface area contributed by atoms with Crippen molar-refractivity contribution in [3.05, 3.63) is 11.6 Å². The first-order chi connectivity index (χ1) is 6.99. The minimum atomic E-state index is -1.77. The Labute approximate surface area is 101 Å². The third-order valence-electron chi connectivity index (χ3n) is 1.50. The van der Waals surface area contributed by atoms with Gasteiger partial charge in [-0.25, -0.2) is 4.79 Å². The van der Waals surface area contributed by atoms with Crippen LogP contribution in [0.15, 0.2) is 11.6 Å². The van der Waals surface area contributed by atoms with Crippen molar-refractivity contribution in [1.29, 1.82) is 0 Å². The van der Waals surface area contributed by atoms with Gasteiger partial charge in [-0.15, -0.1) is 0 Å². The van der Waals surface area contributed by atoms with Gasteiger partial charge in [-0.05, 0) is 51.8 Å². The Balaban J connectivity index is 4.18. The molecule has 0 heterocycles. The quantitative estimate of drug-likeness (QED) is 0.562. The maximum Gasteiger partial charge on any atom is 0.317 e. The van der Waals surface area contributed by atoms with Gasteiger partial charge in [-0.3, -0.25) is 0 Å². The summed E-state index contributed by atoms with van der Waals surface area (Å²) in [5.74, 6) is -0.240. The molecule has 0 aliphatic carbocycles. The third-order valence-corrected chi connectivity index (χ3v) is 3.33. The lowest BCUT2D eigenvalue weighted by molar-refractivity contribution is -0.129. The van der Waals surface area contributed by atoms with Gasteiger partial charge in [0.15, 0.2) is 8.32 Å². The lowest BCUT2D eigenvalue weighted by atomic mass is 10.3. The minimum absolute atomic E-state index is 0.240. The molecule has 16 heavy (non-hydrogen) atoms. The van der Waals surface area contributed by atoms with E-state index in [0.29, 0.717) is 6.61 Å². The highest BCUT2D eigenvalue weighted by atomic mass is 28.4. The molecule has 94 valence electrons. The van der Waals surface area contributed by atoms with Crippen molar-refractivity contribution in [3.8, 4) is 0 Å². The predicted octanol–water partition coefficient (Wildman–Crippen LogP) is 3.16. The maximum atomic E-state index is 11.5. The van der Waals surface area contributed by atoms with E-state index in [0.717, 1.165) is 5.57 Å². The summed E-state index contributed by atoms with van der Waals surface area (Å²) in [6.45, 7) is 14.8. The maximum absolute atomic E-state index is 11.5. The van der Waals surface area contributed by atoms with Crippen LogP contribution in [0.4, 0.5) is 0 Å². The van der Waals surface area contributed by atoms with Gasteiger partial charge in [-0.1, -0.05) is 0 Å². The van der Waals surface area contributed by atoms with Crippen LogP contribution in [0, 0.1) is 0 Å². The molecule has 0 aliphatic heterocycles. The third kappa shape index (κ3) is 10.1. The van der Waals surface area contributed by atoms with E-state index < -0.39 is 16.6 Å². The Bertz CT molecular complexity index is 272. The number of hydrogen-bond acceptors (Lipinski definition) is 3. The van der Waals surface area contributed by atoms with Crippen LogP contribution in [0.5, 0.6) is 0 Å². The van der Waals surface area contributed by atoms with Crippen LogP contribution in [0.2, 0.25) is 39.3 Å². The first-order valence-corrected chi connectivity index (χ1v) is 12.4. The zero-order valence-electron chi connectivity index (χ0n) is 11.5. The van der Waals surface area contributed by atoms with Crippen LogP contribution in [0.25, 0.3) is 0 Å². The molecule has 0 radical (unpaired) electrons. The van der Waals surface area contributed by atoms with E-state index in [4.69, 9.17) is 8.85 Å². The van der Waals surface area contributed by atoms with Crippen LogP contribution in [0.3, 0.4) is 0 Å². The van der Waals surface area contributed by atoms with E-state index in [1.54, 1.807) is 6.08 Å². The van der Waals surface area contributed by atoms with Crippen molar-refractivity contribution in [2.75, 3.05) is 6.61 Å². The SMILES string of the molecule is C/C(=C\C(=O)O[Si](C)(C)C)CO[Si](C)(C)C. The van der Waals surface area contributed by atoms with Crippen molar-refractivity contribution in [1.82, 2.24) is 0 Å². The zero-order chi connectivity index (χ0) is 13.0. The molecule has 0 aromatic heterocycles. The lowest BCUT2D eigenvalue weighted by Gasteiger charge is -2.18. The van der Waals surface area contributed by atoms with Crippen molar-refractivity contribution in [2.45, 2.75) is 46.2 Å². The van der Waals surface area contributed by atoms with Crippen molar-refractivity contribution < 1.29 is 13.6 Å². The predicted molar refractivity (Wildman–Crippen MR) is 72.5 cm³/mol. The van der Waals surface area contributed by atoms with Crippen LogP contribution >= 0.6 is 0 Å². The molecule has 0 amide bonds. The highest BCUT2D eigenvalue weighted by Crippen LogP contribution is 2.08. The van der Waals surface area contributed by atoms with E-state index in [-0.39, 0.29) is 5.97 Å². The van der Waals surface area contributed by atoms with Crippen LogP contribution in [-0.4, -0.2) is 29.2 Å². The average Bonchev–Trinajstić information content (AvgIpc) is 1.95. The van der Waals surface area contributed by atoms with Gasteiger partial charge in [-0.2, -0.15) is 0 Å². The summed E-state index contributed by atoms with van der Waals surface area (Å²) >= 11 is 0. The summed E-state index contributed by atoms with van der Waals surface area (Å²) in [5, 5.41) is 0. The summed E-state index contributed by atoms with van der Waals surface area (Å²) in [7, 11) is -3.28. The molecule has 0 saturated carbocycles. The van der Waals surface area contributed by atoms with Crippen LogP contribution in [0.1, 0.15) is 6.92 Å². The van der Waals surface area contributed by atoms with Gasteiger partial charge in [0.05, 0.1) is 6.61 Å². The Hall–Kier alpha value is -0.396. The normalized spacial score (nSPS) is 13.8. The second-order valence-corrected chi connectivity index (χ2v) is 14.9. The molecule has 0 bridgehead atoms. The Morgan fingerprint density at radius 2 is 1.56 bits per heavy atom. The summed E-state index contributed by atoms with van der Waals surface area (Å²) in [5.41, 5.74) is 0.922. The van der Waals surface area contributed by atoms with Crippen LogP contribution < -0.4 is 0 Å². The Morgan fingerprint density at radius 1 is 1.06 bits per heavy atom. The molecule has 0 spiro atoms. The summed E-state index contributed by atoms with van der Waals surface area (Å²) in [6.07, 6.45) is 1.54. The first kappa shape index (κ1) is 15.6. The highest BCUT2D eigenvalue weighted by Gasteiger charge is 2.19. The summed E-state index contributed by atoms with van der Waals surface area (Å²) < 4.78 is 11.0. The lowest BCUT2D eigenvalue weighted by Crippen LogP contribution is -2.29. The molecule has 3 nitrogen and oxygen atoms in total. The van der Waals surface area contributed by atoms with E-state index in [1.807, 2.05) is 26.6 Å². The molecule has 5 heteroatoms. The van der Waals surface area contributed by atoms with E-state index in [9.17, 15) is 4.79 Å². The van der Waals surface area contributed by atoms with Gasteiger partial charge in [0.2, 0.25) is 8.32 Å². The molecule has 0 unspecified atom stereocenters. The molecular weight excluding hydrogens is 236 g/mol. The molecule has 0 atom stereocenters. The fourth-order valence-corrected chi connectivity index (χ4v) is 2.23. The monoisotopic (exact) mass is 260 g/mol. The van der Waals surface area contributed by atoms with Crippen LogP contribution in [-0.2, 0) is 13.6 Å². The smallest absolute Gasteiger partial charge is 0.317 e. The average molecular weight is 260 g/mol. The Morgan fingerprint density at radius 3 is 1.94 bits per heavy atom. The van der Waals surface area contributed by atoms with Gasteiger partial charge in [0.1, 0.15) is 0 Å². The fraction of sp³-hybridized carbons (Fsp3) is 0.727. The molecule has 0 aliphatic rings. The molecule has 0 N–H and O–H groups in total. The number of carbonyl (C=O) groups is 1. The number of carbonyl (C=O) groups excluding carboxylic acids is 1. The van der Waals surface area contributed by atoms with Gasteiger partial charge in [0, 0.05) is 6.08 Å². The molecule has 0 rings (SSSR count). The van der Waals surface area contributed by atoms with E-state index in [1.165, 1.54) is 0 Å². The topological polar surface area (TPSA) is 35.5 Å². The van der Waals surface area contributed by atoms with E-state index >= 15 is 0 Å². The van der Waals surface area contributed by atoms with Crippen molar-refractivity contribution in [2.24, 2.45) is 0 Å². The zero-order valence-corrected chi connectivity index (χ0v) is 13.5. The second-order valence-electron chi connectivity index (χ2n) is 5.93. The largest absolute Gasteiger partial charge is 0.517 e. The molecule has 0 fully saturated rings. The summed E-state index contributed by atoms with van der Waals surface area (Å²) in [6, 6.07) is 0. The molecular formula is C11H24O3Si2. The minimum Gasteiger partial charge on any atom is -0.517 e. The standard InChI is InChI=1S/C11H24O3Si2/c1-10(9-13-15(2,3)4)8-11(12)14-16(5,6)7/h8H,9H2,1-7H3/b10-8+. The molecule has 0 aromatic rings. The highest BCUT2D eigenvalue weighted by molar-refractivity contribution is 6.71. The first-order valence-electron chi connectivity index (χ1n) is 5.54. The number of rotatable bonds is 5. The van der Waals surface area contributed by atoms with E-state index in [2.05, 4.69) is 19.6 Å². The second kappa shape index (κ2) is 5.79.